The molecule has 1 heterocycles. The molecule has 0 saturated carbocycles. The molecule has 30 heavy (non-hydrogen) atoms. The van der Waals surface area contributed by atoms with Crippen molar-refractivity contribution in [2.75, 3.05) is 26.7 Å². The fourth-order valence-corrected chi connectivity index (χ4v) is 2.65. The van der Waals surface area contributed by atoms with Crippen molar-refractivity contribution >= 4 is 29.9 Å². The number of halogens is 2. The minimum absolute atomic E-state index is 0. The molecule has 1 aromatic heterocycles. The molecule has 8 heteroatoms. The molecule has 0 aliphatic carbocycles. The van der Waals surface area contributed by atoms with Gasteiger partial charge in [0.05, 0.1) is 12.2 Å². The van der Waals surface area contributed by atoms with Crippen LogP contribution in [0.3, 0.4) is 0 Å². The van der Waals surface area contributed by atoms with Gasteiger partial charge in [-0.3, -0.25) is 4.99 Å². The summed E-state index contributed by atoms with van der Waals surface area (Å²) in [7, 11) is 1.72. The highest BCUT2D eigenvalue weighted by molar-refractivity contribution is 14.0. The summed E-state index contributed by atoms with van der Waals surface area (Å²) in [6, 6.07) is 14.0. The molecule has 3 aromatic rings. The van der Waals surface area contributed by atoms with Crippen LogP contribution in [0.25, 0.3) is 11.5 Å². The number of ether oxygens (including phenoxy) is 1. The molecule has 0 atom stereocenters. The molecule has 0 spiro atoms. The second kappa shape index (κ2) is 12.2. The molecule has 0 unspecified atom stereocenters. The smallest absolute Gasteiger partial charge is 0.226 e. The molecule has 160 valence electrons. The lowest BCUT2D eigenvalue weighted by Crippen LogP contribution is -2.40. The second-order valence-corrected chi connectivity index (χ2v) is 6.49. The van der Waals surface area contributed by atoms with Gasteiger partial charge >= 0.3 is 0 Å². The van der Waals surface area contributed by atoms with Crippen molar-refractivity contribution in [3.63, 3.8) is 0 Å². The highest BCUT2D eigenvalue weighted by atomic mass is 127. The van der Waals surface area contributed by atoms with Gasteiger partial charge in [0.25, 0.3) is 0 Å². The maximum absolute atomic E-state index is 13.0. The summed E-state index contributed by atoms with van der Waals surface area (Å²) in [4.78, 5) is 8.63. The van der Waals surface area contributed by atoms with Gasteiger partial charge in [0.1, 0.15) is 24.4 Å². The SMILES string of the molecule is CN=C(NCCOc1ccc(C)cc1)NCCc1coc(-c2ccc(F)cc2)n1.I. The third-order valence-corrected chi connectivity index (χ3v) is 4.22. The van der Waals surface area contributed by atoms with Gasteiger partial charge in [0, 0.05) is 25.6 Å². The first-order valence-corrected chi connectivity index (χ1v) is 9.48. The van der Waals surface area contributed by atoms with Crippen molar-refractivity contribution < 1.29 is 13.5 Å². The maximum atomic E-state index is 13.0. The molecule has 2 N–H and O–H groups in total. The van der Waals surface area contributed by atoms with Gasteiger partial charge in [-0.15, -0.1) is 24.0 Å². The van der Waals surface area contributed by atoms with Crippen LogP contribution < -0.4 is 15.4 Å². The van der Waals surface area contributed by atoms with E-state index in [1.54, 1.807) is 25.4 Å². The van der Waals surface area contributed by atoms with Crippen LogP contribution in [-0.2, 0) is 6.42 Å². The third-order valence-electron chi connectivity index (χ3n) is 4.22. The summed E-state index contributed by atoms with van der Waals surface area (Å²) in [5.41, 5.74) is 2.77. The van der Waals surface area contributed by atoms with Crippen LogP contribution in [0.4, 0.5) is 4.39 Å². The quantitative estimate of drug-likeness (QED) is 0.200. The van der Waals surface area contributed by atoms with Gasteiger partial charge in [-0.1, -0.05) is 17.7 Å². The van der Waals surface area contributed by atoms with E-state index in [0.717, 1.165) is 17.0 Å². The highest BCUT2D eigenvalue weighted by Crippen LogP contribution is 2.19. The van der Waals surface area contributed by atoms with Gasteiger partial charge in [-0.25, -0.2) is 9.37 Å². The number of nitrogens with zero attached hydrogens (tertiary/aromatic N) is 2. The molecule has 0 amide bonds. The van der Waals surface area contributed by atoms with E-state index < -0.39 is 0 Å². The van der Waals surface area contributed by atoms with E-state index in [4.69, 9.17) is 9.15 Å². The average Bonchev–Trinajstić information content (AvgIpc) is 3.20. The lowest BCUT2D eigenvalue weighted by atomic mass is 10.2. The Balaban J connectivity index is 0.00000320. The Morgan fingerprint density at radius 1 is 1.07 bits per heavy atom. The Kier molecular flexibility index (Phi) is 9.59. The largest absolute Gasteiger partial charge is 0.492 e. The Labute approximate surface area is 193 Å². The fraction of sp³-hybridized carbons (Fsp3) is 0.273. The molecule has 3 rings (SSSR count). The normalized spacial score (nSPS) is 11.0. The Morgan fingerprint density at radius 2 is 1.77 bits per heavy atom. The van der Waals surface area contributed by atoms with Gasteiger partial charge in [0.2, 0.25) is 5.89 Å². The number of oxazole rings is 1. The van der Waals surface area contributed by atoms with E-state index in [1.165, 1.54) is 17.7 Å². The van der Waals surface area contributed by atoms with Crippen LogP contribution >= 0.6 is 24.0 Å². The molecule has 2 aromatic carbocycles. The summed E-state index contributed by atoms with van der Waals surface area (Å²) in [6.45, 7) is 3.86. The molecule has 0 fully saturated rings. The predicted molar refractivity (Wildman–Crippen MR) is 127 cm³/mol. The van der Waals surface area contributed by atoms with Crippen molar-refractivity contribution in [1.29, 1.82) is 0 Å². The van der Waals surface area contributed by atoms with E-state index in [1.807, 2.05) is 31.2 Å². The number of aryl methyl sites for hydroxylation is 1. The van der Waals surface area contributed by atoms with Crippen molar-refractivity contribution in [2.45, 2.75) is 13.3 Å². The van der Waals surface area contributed by atoms with E-state index in [0.29, 0.717) is 38.0 Å². The second-order valence-electron chi connectivity index (χ2n) is 6.49. The predicted octanol–water partition coefficient (Wildman–Crippen LogP) is 4.19. The van der Waals surface area contributed by atoms with E-state index >= 15 is 0 Å². The van der Waals surface area contributed by atoms with Crippen LogP contribution in [0.15, 0.2) is 64.2 Å². The molecular formula is C22H26FIN4O2. The molecule has 0 aliphatic rings. The lowest BCUT2D eigenvalue weighted by Gasteiger charge is -2.12. The lowest BCUT2D eigenvalue weighted by molar-refractivity contribution is 0.322. The van der Waals surface area contributed by atoms with Crippen molar-refractivity contribution in [2.24, 2.45) is 4.99 Å². The first-order chi connectivity index (χ1) is 14.1. The number of guanidine groups is 1. The van der Waals surface area contributed by atoms with Gasteiger partial charge < -0.3 is 19.8 Å². The highest BCUT2D eigenvalue weighted by Gasteiger charge is 2.07. The summed E-state index contributed by atoms with van der Waals surface area (Å²) in [6.07, 6.45) is 2.29. The van der Waals surface area contributed by atoms with Gasteiger partial charge in [-0.05, 0) is 43.3 Å². The molecular weight excluding hydrogens is 498 g/mol. The standard InChI is InChI=1S/C22H25FN4O2.HI/c1-16-3-9-20(10-4-16)28-14-13-26-22(24-2)25-12-11-19-15-29-21(27-19)17-5-7-18(23)8-6-17;/h3-10,15H,11-14H2,1-2H3,(H2,24,25,26);1H. The number of rotatable bonds is 8. The summed E-state index contributed by atoms with van der Waals surface area (Å²) in [5, 5.41) is 6.44. The summed E-state index contributed by atoms with van der Waals surface area (Å²) >= 11 is 0. The Bertz CT molecular complexity index is 927. The van der Waals surface area contributed by atoms with Gasteiger partial charge in [0.15, 0.2) is 5.96 Å². The Morgan fingerprint density at radius 3 is 2.47 bits per heavy atom. The molecule has 0 aliphatic heterocycles. The molecule has 0 saturated heterocycles. The number of aromatic nitrogens is 1. The van der Waals surface area contributed by atoms with Crippen LogP contribution in [0.2, 0.25) is 0 Å². The third kappa shape index (κ3) is 7.33. The molecule has 0 bridgehead atoms. The van der Waals surface area contributed by atoms with Crippen LogP contribution in [-0.4, -0.2) is 37.7 Å². The Hall–Kier alpha value is -2.62. The zero-order chi connectivity index (χ0) is 20.5. The van der Waals surface area contributed by atoms with Crippen molar-refractivity contribution in [1.82, 2.24) is 15.6 Å². The first-order valence-electron chi connectivity index (χ1n) is 9.48. The van der Waals surface area contributed by atoms with Crippen LogP contribution in [0.1, 0.15) is 11.3 Å². The van der Waals surface area contributed by atoms with Crippen LogP contribution in [0, 0.1) is 12.7 Å². The summed E-state index contributed by atoms with van der Waals surface area (Å²) < 4.78 is 24.2. The fourth-order valence-electron chi connectivity index (χ4n) is 2.65. The van der Waals surface area contributed by atoms with E-state index in [2.05, 4.69) is 20.6 Å². The van der Waals surface area contributed by atoms with Crippen molar-refractivity contribution in [3.8, 4) is 17.2 Å². The zero-order valence-corrected chi connectivity index (χ0v) is 19.4. The molecule has 0 radical (unpaired) electrons. The maximum Gasteiger partial charge on any atom is 0.226 e. The first kappa shape index (κ1) is 23.7. The number of benzene rings is 2. The minimum atomic E-state index is -0.284. The monoisotopic (exact) mass is 524 g/mol. The number of nitrogens with one attached hydrogen (secondary N) is 2. The number of aliphatic imine (C=N–C) groups is 1. The zero-order valence-electron chi connectivity index (χ0n) is 17.0. The molecule has 6 nitrogen and oxygen atoms in total. The van der Waals surface area contributed by atoms with Crippen LogP contribution in [0.5, 0.6) is 5.75 Å². The number of hydrogen-bond acceptors (Lipinski definition) is 4. The van der Waals surface area contributed by atoms with E-state index in [9.17, 15) is 4.39 Å². The topological polar surface area (TPSA) is 71.7 Å². The van der Waals surface area contributed by atoms with Crippen molar-refractivity contribution in [3.05, 3.63) is 71.9 Å². The van der Waals surface area contributed by atoms with E-state index in [-0.39, 0.29) is 29.8 Å². The minimum Gasteiger partial charge on any atom is -0.492 e. The van der Waals surface area contributed by atoms with Gasteiger partial charge in [-0.2, -0.15) is 0 Å². The number of hydrogen-bond donors (Lipinski definition) is 2. The summed E-state index contributed by atoms with van der Waals surface area (Å²) in [5.74, 6) is 1.74. The average molecular weight is 524 g/mol.